The Morgan fingerprint density at radius 3 is 2.50 bits per heavy atom. The van der Waals surface area contributed by atoms with Gasteiger partial charge in [-0.05, 0) is 43.4 Å². The van der Waals surface area contributed by atoms with Gasteiger partial charge in [-0.2, -0.15) is 11.8 Å². The van der Waals surface area contributed by atoms with E-state index in [1.54, 1.807) is 11.8 Å². The number of hydrogen-bond acceptors (Lipinski definition) is 6. The SMILES string of the molecule is Cc1cc(C(=O)NCC(=O)NC2(C(=O)O)CCSCC2)ccc1[N+](=O)[O-]. The highest BCUT2D eigenvalue weighted by Crippen LogP contribution is 2.27. The van der Waals surface area contributed by atoms with E-state index >= 15 is 0 Å². The number of carbonyl (C=O) groups excluding carboxylic acids is 2. The Morgan fingerprint density at radius 1 is 1.31 bits per heavy atom. The first-order chi connectivity index (χ1) is 12.2. The van der Waals surface area contributed by atoms with Gasteiger partial charge in [-0.1, -0.05) is 0 Å². The molecule has 0 unspecified atom stereocenters. The highest BCUT2D eigenvalue weighted by atomic mass is 32.2. The number of hydrogen-bond donors (Lipinski definition) is 3. The summed E-state index contributed by atoms with van der Waals surface area (Å²) in [6, 6.07) is 3.89. The molecule has 0 spiro atoms. The third kappa shape index (κ3) is 4.51. The summed E-state index contributed by atoms with van der Waals surface area (Å²) in [6.07, 6.45) is 0.655. The lowest BCUT2D eigenvalue weighted by Crippen LogP contribution is -2.58. The average molecular weight is 381 g/mol. The van der Waals surface area contributed by atoms with E-state index in [0.29, 0.717) is 29.9 Å². The number of aliphatic carboxylic acids is 1. The molecular formula is C16H19N3O6S. The number of carboxylic acid groups (broad SMARTS) is 1. The third-order valence-electron chi connectivity index (χ3n) is 4.20. The molecule has 1 heterocycles. The molecule has 2 rings (SSSR count). The molecule has 1 aliphatic heterocycles. The van der Waals surface area contributed by atoms with Crippen molar-refractivity contribution in [2.75, 3.05) is 18.1 Å². The normalized spacial score (nSPS) is 15.7. The summed E-state index contributed by atoms with van der Waals surface area (Å²) in [4.78, 5) is 46.0. The molecule has 0 radical (unpaired) electrons. The zero-order valence-electron chi connectivity index (χ0n) is 14.1. The van der Waals surface area contributed by atoms with Crippen LogP contribution in [-0.4, -0.2) is 51.4 Å². The first-order valence-electron chi connectivity index (χ1n) is 7.90. The highest BCUT2D eigenvalue weighted by molar-refractivity contribution is 7.99. The number of rotatable bonds is 6. The Hall–Kier alpha value is -2.62. The van der Waals surface area contributed by atoms with Crippen LogP contribution in [0.3, 0.4) is 0 Å². The summed E-state index contributed by atoms with van der Waals surface area (Å²) in [5, 5.41) is 25.1. The summed E-state index contributed by atoms with van der Waals surface area (Å²) in [6.45, 7) is 1.14. The number of nitrogens with zero attached hydrogens (tertiary/aromatic N) is 1. The van der Waals surface area contributed by atoms with Gasteiger partial charge in [0.15, 0.2) is 0 Å². The van der Waals surface area contributed by atoms with Crippen LogP contribution in [0.1, 0.15) is 28.8 Å². The molecular weight excluding hydrogens is 362 g/mol. The van der Waals surface area contributed by atoms with E-state index in [0.717, 1.165) is 0 Å². The first kappa shape index (κ1) is 19.7. The summed E-state index contributed by atoms with van der Waals surface area (Å²) in [5.74, 6) is -0.960. The highest BCUT2D eigenvalue weighted by Gasteiger charge is 2.41. The smallest absolute Gasteiger partial charge is 0.329 e. The van der Waals surface area contributed by atoms with E-state index in [9.17, 15) is 29.6 Å². The topological polar surface area (TPSA) is 139 Å². The Balaban J connectivity index is 1.96. The number of nitrogens with one attached hydrogen (secondary N) is 2. The second-order valence-corrected chi connectivity index (χ2v) is 7.21. The lowest BCUT2D eigenvalue weighted by atomic mass is 9.92. The lowest BCUT2D eigenvalue weighted by Gasteiger charge is -2.33. The van der Waals surface area contributed by atoms with E-state index in [-0.39, 0.29) is 17.8 Å². The van der Waals surface area contributed by atoms with Crippen molar-refractivity contribution in [2.24, 2.45) is 0 Å². The first-order valence-corrected chi connectivity index (χ1v) is 9.06. The molecule has 9 nitrogen and oxygen atoms in total. The molecule has 1 aromatic carbocycles. The quantitative estimate of drug-likeness (QED) is 0.495. The predicted molar refractivity (Wildman–Crippen MR) is 95.2 cm³/mol. The van der Waals surface area contributed by atoms with Crippen LogP contribution < -0.4 is 10.6 Å². The number of carboxylic acids is 1. The van der Waals surface area contributed by atoms with Gasteiger partial charge < -0.3 is 15.7 Å². The second kappa shape index (κ2) is 8.17. The number of benzene rings is 1. The fourth-order valence-corrected chi connectivity index (χ4v) is 3.88. The average Bonchev–Trinajstić information content (AvgIpc) is 2.59. The van der Waals surface area contributed by atoms with Crippen LogP contribution in [0.4, 0.5) is 5.69 Å². The molecule has 10 heteroatoms. The number of amides is 2. The number of nitro benzene ring substituents is 1. The van der Waals surface area contributed by atoms with Crippen LogP contribution in [0.5, 0.6) is 0 Å². The summed E-state index contributed by atoms with van der Waals surface area (Å²) >= 11 is 1.63. The Kier molecular flexibility index (Phi) is 6.19. The standard InChI is InChI=1S/C16H19N3O6S/c1-10-8-11(2-3-12(10)19(24)25)14(21)17-9-13(20)18-16(15(22)23)4-6-26-7-5-16/h2-3,8H,4-7,9H2,1H3,(H,17,21)(H,18,20)(H,22,23). The van der Waals surface area contributed by atoms with Crippen LogP contribution in [0, 0.1) is 17.0 Å². The van der Waals surface area contributed by atoms with Crippen LogP contribution in [0.15, 0.2) is 18.2 Å². The molecule has 0 aromatic heterocycles. The van der Waals surface area contributed by atoms with Crippen molar-refractivity contribution in [3.8, 4) is 0 Å². The van der Waals surface area contributed by atoms with Crippen LogP contribution >= 0.6 is 11.8 Å². The molecule has 1 aliphatic rings. The van der Waals surface area contributed by atoms with Crippen molar-refractivity contribution in [3.63, 3.8) is 0 Å². The van der Waals surface area contributed by atoms with Crippen molar-refractivity contribution in [3.05, 3.63) is 39.4 Å². The minimum absolute atomic E-state index is 0.0992. The molecule has 0 atom stereocenters. The van der Waals surface area contributed by atoms with Gasteiger partial charge in [-0.3, -0.25) is 19.7 Å². The predicted octanol–water partition coefficient (Wildman–Crippen LogP) is 1.10. The fourth-order valence-electron chi connectivity index (χ4n) is 2.69. The maximum absolute atomic E-state index is 12.1. The van der Waals surface area contributed by atoms with Gasteiger partial charge in [0.05, 0.1) is 11.5 Å². The molecule has 0 saturated carbocycles. The van der Waals surface area contributed by atoms with Gasteiger partial charge in [0.2, 0.25) is 5.91 Å². The number of carbonyl (C=O) groups is 3. The molecule has 0 aliphatic carbocycles. The maximum Gasteiger partial charge on any atom is 0.329 e. The van der Waals surface area contributed by atoms with E-state index in [4.69, 9.17) is 0 Å². The van der Waals surface area contributed by atoms with Crippen LogP contribution in [0.25, 0.3) is 0 Å². The summed E-state index contributed by atoms with van der Waals surface area (Å²) in [5.41, 5.74) is -0.880. The minimum atomic E-state index is -1.29. The maximum atomic E-state index is 12.1. The zero-order valence-corrected chi connectivity index (χ0v) is 14.9. The largest absolute Gasteiger partial charge is 0.480 e. The van der Waals surface area contributed by atoms with E-state index in [1.165, 1.54) is 25.1 Å². The molecule has 1 fully saturated rings. The van der Waals surface area contributed by atoms with E-state index < -0.39 is 28.2 Å². The Labute approximate surface area is 153 Å². The Morgan fingerprint density at radius 2 is 1.96 bits per heavy atom. The monoisotopic (exact) mass is 381 g/mol. The number of nitro groups is 1. The Bertz CT molecular complexity index is 746. The van der Waals surface area contributed by atoms with Crippen LogP contribution in [0.2, 0.25) is 0 Å². The summed E-state index contributed by atoms with van der Waals surface area (Å²) < 4.78 is 0. The van der Waals surface area contributed by atoms with Gasteiger partial charge in [-0.15, -0.1) is 0 Å². The molecule has 140 valence electrons. The number of thioether (sulfide) groups is 1. The van der Waals surface area contributed by atoms with Crippen molar-refractivity contribution in [1.82, 2.24) is 10.6 Å². The molecule has 1 saturated heterocycles. The van der Waals surface area contributed by atoms with Crippen molar-refractivity contribution < 1.29 is 24.4 Å². The third-order valence-corrected chi connectivity index (χ3v) is 5.19. The fraction of sp³-hybridized carbons (Fsp3) is 0.438. The van der Waals surface area contributed by atoms with Crippen molar-refractivity contribution in [2.45, 2.75) is 25.3 Å². The van der Waals surface area contributed by atoms with E-state index in [2.05, 4.69) is 10.6 Å². The molecule has 2 amide bonds. The van der Waals surface area contributed by atoms with Gasteiger partial charge in [-0.25, -0.2) is 4.79 Å². The van der Waals surface area contributed by atoms with Crippen molar-refractivity contribution in [1.29, 1.82) is 0 Å². The van der Waals surface area contributed by atoms with Gasteiger partial charge in [0.1, 0.15) is 5.54 Å². The van der Waals surface area contributed by atoms with Gasteiger partial charge >= 0.3 is 5.97 Å². The molecule has 3 N–H and O–H groups in total. The van der Waals surface area contributed by atoms with E-state index in [1.807, 2.05) is 0 Å². The summed E-state index contributed by atoms with van der Waals surface area (Å²) in [7, 11) is 0. The second-order valence-electron chi connectivity index (χ2n) is 5.99. The molecule has 26 heavy (non-hydrogen) atoms. The minimum Gasteiger partial charge on any atom is -0.480 e. The van der Waals surface area contributed by atoms with Gasteiger partial charge in [0.25, 0.3) is 11.6 Å². The van der Waals surface area contributed by atoms with Crippen molar-refractivity contribution >= 4 is 35.2 Å². The van der Waals surface area contributed by atoms with Gasteiger partial charge in [0, 0.05) is 17.2 Å². The molecule has 0 bridgehead atoms. The molecule has 1 aromatic rings. The zero-order chi connectivity index (χ0) is 19.3. The number of aryl methyl sites for hydroxylation is 1. The lowest BCUT2D eigenvalue weighted by molar-refractivity contribution is -0.385. The van der Waals surface area contributed by atoms with Crippen LogP contribution in [-0.2, 0) is 9.59 Å².